The molecule has 0 unspecified atom stereocenters. The van der Waals surface area contributed by atoms with Gasteiger partial charge in [0.25, 0.3) is 5.56 Å². The Kier molecular flexibility index (Phi) is 2.25. The van der Waals surface area contributed by atoms with Gasteiger partial charge in [0.1, 0.15) is 0 Å². The van der Waals surface area contributed by atoms with Crippen molar-refractivity contribution in [1.29, 1.82) is 0 Å². The summed E-state index contributed by atoms with van der Waals surface area (Å²) in [6, 6.07) is 13.4. The molecule has 1 aliphatic carbocycles. The Morgan fingerprint density at radius 2 is 1.76 bits per heavy atom. The zero-order valence-corrected chi connectivity index (χ0v) is 9.47. The Bertz CT molecular complexity index is 597. The van der Waals surface area contributed by atoms with E-state index in [2.05, 4.69) is 0 Å². The molecule has 0 saturated heterocycles. The number of nitrogens with zero attached hydrogens (tertiary/aromatic N) is 1. The van der Waals surface area contributed by atoms with Crippen molar-refractivity contribution >= 4 is 5.69 Å². The van der Waals surface area contributed by atoms with Crippen LogP contribution in [0.1, 0.15) is 24.5 Å². The number of pyridine rings is 1. The number of hydrogen-bond donors (Lipinski definition) is 1. The molecule has 1 fully saturated rings. The summed E-state index contributed by atoms with van der Waals surface area (Å²) in [5.74, 6) is 0.517. The van der Waals surface area contributed by atoms with Crippen LogP contribution in [0.25, 0.3) is 5.69 Å². The van der Waals surface area contributed by atoms with Gasteiger partial charge in [0.15, 0.2) is 0 Å². The van der Waals surface area contributed by atoms with Crippen molar-refractivity contribution in [2.24, 2.45) is 0 Å². The lowest BCUT2D eigenvalue weighted by Gasteiger charge is -2.12. The summed E-state index contributed by atoms with van der Waals surface area (Å²) >= 11 is 0. The summed E-state index contributed by atoms with van der Waals surface area (Å²) in [5, 5.41) is 0. The fourth-order valence-electron chi connectivity index (χ4n) is 2.11. The van der Waals surface area contributed by atoms with Gasteiger partial charge in [-0.3, -0.25) is 9.36 Å². The Balaban J connectivity index is 2.26. The lowest BCUT2D eigenvalue weighted by molar-refractivity contribution is 0.871. The number of benzene rings is 1. The molecule has 0 bridgehead atoms. The average molecular weight is 226 g/mol. The third-order valence-corrected chi connectivity index (χ3v) is 3.15. The van der Waals surface area contributed by atoms with Crippen LogP contribution in [0, 0.1) is 0 Å². The van der Waals surface area contributed by atoms with Gasteiger partial charge in [0, 0.05) is 11.4 Å². The van der Waals surface area contributed by atoms with Crippen LogP contribution in [0.5, 0.6) is 0 Å². The summed E-state index contributed by atoms with van der Waals surface area (Å²) in [6.45, 7) is 0. The van der Waals surface area contributed by atoms with E-state index in [0.29, 0.717) is 11.6 Å². The maximum atomic E-state index is 12.2. The molecule has 2 aromatic rings. The highest BCUT2D eigenvalue weighted by molar-refractivity contribution is 5.44. The molecule has 3 nitrogen and oxygen atoms in total. The second kappa shape index (κ2) is 3.77. The summed E-state index contributed by atoms with van der Waals surface area (Å²) in [7, 11) is 0. The molecule has 17 heavy (non-hydrogen) atoms. The smallest absolute Gasteiger partial charge is 0.278 e. The third kappa shape index (κ3) is 1.73. The van der Waals surface area contributed by atoms with Crippen LogP contribution in [0.2, 0.25) is 0 Å². The fourth-order valence-corrected chi connectivity index (χ4v) is 2.11. The predicted molar refractivity (Wildman–Crippen MR) is 68.4 cm³/mol. The maximum absolute atomic E-state index is 12.2. The SMILES string of the molecule is Nc1ccc(C2CC2)n(-c2ccccc2)c1=O. The fraction of sp³-hybridized carbons (Fsp3) is 0.214. The molecule has 1 aromatic heterocycles. The van der Waals surface area contributed by atoms with Crippen molar-refractivity contribution in [1.82, 2.24) is 4.57 Å². The van der Waals surface area contributed by atoms with Crippen LogP contribution < -0.4 is 11.3 Å². The Labute approximate surface area is 99.5 Å². The van der Waals surface area contributed by atoms with Crippen LogP contribution in [-0.4, -0.2) is 4.57 Å². The highest BCUT2D eigenvalue weighted by Gasteiger charge is 2.27. The van der Waals surface area contributed by atoms with E-state index < -0.39 is 0 Å². The zero-order valence-electron chi connectivity index (χ0n) is 9.47. The van der Waals surface area contributed by atoms with Gasteiger partial charge in [-0.25, -0.2) is 0 Å². The van der Waals surface area contributed by atoms with Gasteiger partial charge in [0.05, 0.1) is 5.69 Å². The Morgan fingerprint density at radius 1 is 1.06 bits per heavy atom. The largest absolute Gasteiger partial charge is 0.394 e. The number of para-hydroxylation sites is 1. The van der Waals surface area contributed by atoms with Crippen molar-refractivity contribution in [2.45, 2.75) is 18.8 Å². The molecule has 2 N–H and O–H groups in total. The molecule has 86 valence electrons. The quantitative estimate of drug-likeness (QED) is 0.854. The van der Waals surface area contributed by atoms with E-state index in [1.165, 1.54) is 0 Å². The number of hydrogen-bond acceptors (Lipinski definition) is 2. The minimum absolute atomic E-state index is 0.111. The van der Waals surface area contributed by atoms with Gasteiger partial charge in [-0.05, 0) is 43.0 Å². The summed E-state index contributed by atoms with van der Waals surface area (Å²) < 4.78 is 1.74. The van der Waals surface area contributed by atoms with E-state index in [4.69, 9.17) is 5.73 Å². The second-order valence-corrected chi connectivity index (χ2v) is 4.46. The van der Waals surface area contributed by atoms with E-state index in [9.17, 15) is 4.79 Å². The van der Waals surface area contributed by atoms with Gasteiger partial charge in [-0.1, -0.05) is 18.2 Å². The first kappa shape index (κ1) is 10.1. The number of nitrogens with two attached hydrogens (primary N) is 1. The van der Waals surface area contributed by atoms with Crippen LogP contribution in [0.15, 0.2) is 47.3 Å². The van der Waals surface area contributed by atoms with Gasteiger partial charge >= 0.3 is 0 Å². The molecule has 0 amide bonds. The van der Waals surface area contributed by atoms with Gasteiger partial charge in [-0.15, -0.1) is 0 Å². The van der Waals surface area contributed by atoms with Crippen LogP contribution >= 0.6 is 0 Å². The standard InChI is InChI=1S/C14H14N2O/c15-12-8-9-13(10-6-7-10)16(14(12)17)11-4-2-1-3-5-11/h1-5,8-10H,6-7,15H2. The van der Waals surface area contributed by atoms with Crippen molar-refractivity contribution in [2.75, 3.05) is 5.73 Å². The normalized spacial score (nSPS) is 14.8. The zero-order chi connectivity index (χ0) is 11.8. The van der Waals surface area contributed by atoms with E-state index in [-0.39, 0.29) is 5.56 Å². The van der Waals surface area contributed by atoms with Crippen molar-refractivity contribution in [3.63, 3.8) is 0 Å². The molecule has 0 aliphatic heterocycles. The molecule has 1 aliphatic rings. The minimum atomic E-state index is -0.111. The second-order valence-electron chi connectivity index (χ2n) is 4.46. The van der Waals surface area contributed by atoms with Crippen LogP contribution in [-0.2, 0) is 0 Å². The molecular formula is C14H14N2O. The average Bonchev–Trinajstić information content (AvgIpc) is 3.18. The van der Waals surface area contributed by atoms with Crippen LogP contribution in [0.4, 0.5) is 5.69 Å². The van der Waals surface area contributed by atoms with E-state index >= 15 is 0 Å². The Morgan fingerprint density at radius 3 is 2.41 bits per heavy atom. The van der Waals surface area contributed by atoms with Crippen molar-refractivity contribution < 1.29 is 0 Å². The molecule has 1 saturated carbocycles. The summed E-state index contributed by atoms with van der Waals surface area (Å²) in [6.07, 6.45) is 2.33. The van der Waals surface area contributed by atoms with Crippen LogP contribution in [0.3, 0.4) is 0 Å². The highest BCUT2D eigenvalue weighted by atomic mass is 16.1. The summed E-state index contributed by atoms with van der Waals surface area (Å²) in [4.78, 5) is 12.2. The van der Waals surface area contributed by atoms with Crippen molar-refractivity contribution in [3.8, 4) is 5.69 Å². The van der Waals surface area contributed by atoms with Crippen molar-refractivity contribution in [3.05, 3.63) is 58.5 Å². The lowest BCUT2D eigenvalue weighted by atomic mass is 10.2. The molecule has 0 atom stereocenters. The number of rotatable bonds is 2. The first-order valence-electron chi connectivity index (χ1n) is 5.84. The topological polar surface area (TPSA) is 48.0 Å². The van der Waals surface area contributed by atoms with E-state index in [0.717, 1.165) is 24.2 Å². The molecule has 3 heteroatoms. The molecular weight excluding hydrogens is 212 g/mol. The van der Waals surface area contributed by atoms with E-state index in [1.54, 1.807) is 10.6 Å². The molecule has 0 spiro atoms. The number of anilines is 1. The molecule has 1 aromatic carbocycles. The molecule has 1 heterocycles. The monoisotopic (exact) mass is 226 g/mol. The van der Waals surface area contributed by atoms with Gasteiger partial charge in [0.2, 0.25) is 0 Å². The predicted octanol–water partition coefficient (Wildman–Crippen LogP) is 2.30. The third-order valence-electron chi connectivity index (χ3n) is 3.15. The first-order valence-corrected chi connectivity index (χ1v) is 5.84. The number of nitrogen functional groups attached to an aromatic ring is 1. The number of aromatic nitrogens is 1. The maximum Gasteiger partial charge on any atom is 0.278 e. The van der Waals surface area contributed by atoms with E-state index in [1.807, 2.05) is 36.4 Å². The Hall–Kier alpha value is -2.03. The molecule has 0 radical (unpaired) electrons. The first-order chi connectivity index (χ1) is 8.27. The minimum Gasteiger partial charge on any atom is -0.394 e. The summed E-state index contributed by atoms with van der Waals surface area (Å²) in [5.41, 5.74) is 7.88. The molecule has 3 rings (SSSR count). The van der Waals surface area contributed by atoms with Gasteiger partial charge < -0.3 is 5.73 Å². The highest BCUT2D eigenvalue weighted by Crippen LogP contribution is 2.40. The lowest BCUT2D eigenvalue weighted by Crippen LogP contribution is -2.23. The van der Waals surface area contributed by atoms with Gasteiger partial charge in [-0.2, -0.15) is 0 Å².